The first-order chi connectivity index (χ1) is 15.8. The Morgan fingerprint density at radius 1 is 0.939 bits per heavy atom. The van der Waals surface area contributed by atoms with Crippen LogP contribution in [0.3, 0.4) is 0 Å². The van der Waals surface area contributed by atoms with Gasteiger partial charge in [-0.15, -0.1) is 0 Å². The number of aromatic nitrogens is 2. The molecular formula is C22H22F3N5O3. The van der Waals surface area contributed by atoms with Crippen LogP contribution in [0.4, 0.5) is 29.5 Å². The van der Waals surface area contributed by atoms with Crippen molar-refractivity contribution >= 4 is 28.6 Å². The van der Waals surface area contributed by atoms with Crippen molar-refractivity contribution in [2.45, 2.75) is 6.18 Å². The number of rotatable bonds is 4. The van der Waals surface area contributed by atoms with Crippen molar-refractivity contribution in [1.29, 1.82) is 0 Å². The maximum Gasteiger partial charge on any atom is 0.437 e. The maximum absolute atomic E-state index is 13.7. The number of hydrogen-bond acceptors (Lipinski definition) is 6. The first-order valence-electron chi connectivity index (χ1n) is 10.2. The standard InChI is InChI=1S/C22H22F3N5O3/c1-32-17-8-7-14(13-18(17)33-2)26-21(31)30-11-9-29(10-12-30)20-19(22(23,24)25)27-15-5-3-4-6-16(15)28-20/h3-8,13H,9-12H2,1-2H3,(H,26,31). The molecule has 11 heteroatoms. The Labute approximate surface area is 187 Å². The van der Waals surface area contributed by atoms with Crippen LogP contribution in [-0.4, -0.2) is 61.3 Å². The summed E-state index contributed by atoms with van der Waals surface area (Å²) in [6.45, 7) is 0.834. The van der Waals surface area contributed by atoms with Gasteiger partial charge >= 0.3 is 12.2 Å². The lowest BCUT2D eigenvalue weighted by Crippen LogP contribution is -2.50. The molecule has 174 valence electrons. The number of halogens is 3. The van der Waals surface area contributed by atoms with Gasteiger partial charge in [-0.3, -0.25) is 0 Å². The number of nitrogens with zero attached hydrogens (tertiary/aromatic N) is 4. The van der Waals surface area contributed by atoms with Gasteiger partial charge in [0, 0.05) is 37.9 Å². The molecule has 0 aliphatic carbocycles. The highest BCUT2D eigenvalue weighted by Gasteiger charge is 2.39. The van der Waals surface area contributed by atoms with Crippen molar-refractivity contribution in [1.82, 2.24) is 14.9 Å². The van der Waals surface area contributed by atoms with Gasteiger partial charge in [0.2, 0.25) is 0 Å². The minimum Gasteiger partial charge on any atom is -0.493 e. The van der Waals surface area contributed by atoms with Crippen molar-refractivity contribution in [2.75, 3.05) is 50.6 Å². The molecule has 0 spiro atoms. The number of piperazine rings is 1. The van der Waals surface area contributed by atoms with Gasteiger partial charge in [0.05, 0.1) is 25.3 Å². The molecule has 1 fully saturated rings. The van der Waals surface area contributed by atoms with E-state index in [1.54, 1.807) is 36.4 Å². The van der Waals surface area contributed by atoms with Crippen molar-refractivity contribution in [3.05, 3.63) is 48.2 Å². The van der Waals surface area contributed by atoms with Crippen LogP contribution in [0.25, 0.3) is 11.0 Å². The predicted molar refractivity (Wildman–Crippen MR) is 117 cm³/mol. The van der Waals surface area contributed by atoms with Crippen LogP contribution in [0.15, 0.2) is 42.5 Å². The van der Waals surface area contributed by atoms with Gasteiger partial charge in [-0.25, -0.2) is 14.8 Å². The van der Waals surface area contributed by atoms with Crippen molar-refractivity contribution in [3.63, 3.8) is 0 Å². The zero-order valence-corrected chi connectivity index (χ0v) is 18.0. The molecule has 0 radical (unpaired) electrons. The Hall–Kier alpha value is -3.76. The first-order valence-corrected chi connectivity index (χ1v) is 10.2. The second-order valence-corrected chi connectivity index (χ2v) is 7.36. The van der Waals surface area contributed by atoms with Crippen LogP contribution in [0.1, 0.15) is 5.69 Å². The second-order valence-electron chi connectivity index (χ2n) is 7.36. The van der Waals surface area contributed by atoms with Gasteiger partial charge in [0.1, 0.15) is 0 Å². The van der Waals surface area contributed by atoms with E-state index in [1.807, 2.05) is 0 Å². The molecule has 0 unspecified atom stereocenters. The van der Waals surface area contributed by atoms with Crippen LogP contribution < -0.4 is 19.7 Å². The van der Waals surface area contributed by atoms with Gasteiger partial charge in [0.25, 0.3) is 0 Å². The van der Waals surface area contributed by atoms with Crippen LogP contribution >= 0.6 is 0 Å². The number of carbonyl (C=O) groups is 1. The summed E-state index contributed by atoms with van der Waals surface area (Å²) in [5, 5.41) is 2.78. The second kappa shape index (κ2) is 9.00. The molecule has 2 amide bonds. The largest absolute Gasteiger partial charge is 0.493 e. The lowest BCUT2D eigenvalue weighted by Gasteiger charge is -2.36. The average molecular weight is 461 g/mol. The molecule has 1 N–H and O–H groups in total. The van der Waals surface area contributed by atoms with E-state index in [4.69, 9.17) is 9.47 Å². The third-order valence-electron chi connectivity index (χ3n) is 5.32. The highest BCUT2D eigenvalue weighted by Crippen LogP contribution is 2.35. The highest BCUT2D eigenvalue weighted by molar-refractivity contribution is 5.90. The summed E-state index contributed by atoms with van der Waals surface area (Å²) in [6, 6.07) is 11.1. The molecule has 1 aromatic heterocycles. The quantitative estimate of drug-likeness (QED) is 0.632. The van der Waals surface area contributed by atoms with Gasteiger partial charge in [0.15, 0.2) is 23.0 Å². The third kappa shape index (κ3) is 4.71. The highest BCUT2D eigenvalue weighted by atomic mass is 19.4. The Bertz CT molecular complexity index is 1160. The number of benzene rings is 2. The van der Waals surface area contributed by atoms with E-state index in [-0.39, 0.29) is 43.5 Å². The van der Waals surface area contributed by atoms with Crippen molar-refractivity contribution in [3.8, 4) is 11.5 Å². The maximum atomic E-state index is 13.7. The summed E-state index contributed by atoms with van der Waals surface area (Å²) >= 11 is 0. The SMILES string of the molecule is COc1ccc(NC(=O)N2CCN(c3nc4ccccc4nc3C(F)(F)F)CC2)cc1OC. The monoisotopic (exact) mass is 461 g/mol. The van der Waals surface area contributed by atoms with Crippen molar-refractivity contribution < 1.29 is 27.4 Å². The molecule has 0 atom stereocenters. The van der Waals surface area contributed by atoms with Gasteiger partial charge in [-0.1, -0.05) is 12.1 Å². The van der Waals surface area contributed by atoms with Gasteiger partial charge in [-0.05, 0) is 24.3 Å². The fourth-order valence-corrected chi connectivity index (χ4v) is 3.64. The topological polar surface area (TPSA) is 79.8 Å². The summed E-state index contributed by atoms with van der Waals surface area (Å²) in [4.78, 5) is 23.8. The fraction of sp³-hybridized carbons (Fsp3) is 0.318. The Kier molecular flexibility index (Phi) is 6.12. The smallest absolute Gasteiger partial charge is 0.437 e. The minimum atomic E-state index is -4.64. The molecule has 1 aliphatic rings. The Morgan fingerprint density at radius 3 is 2.18 bits per heavy atom. The molecule has 0 bridgehead atoms. The zero-order valence-electron chi connectivity index (χ0n) is 18.0. The number of nitrogens with one attached hydrogen (secondary N) is 1. The molecule has 8 nitrogen and oxygen atoms in total. The van der Waals surface area contributed by atoms with Crippen LogP contribution in [0.5, 0.6) is 11.5 Å². The van der Waals surface area contributed by atoms with Gasteiger partial charge in [-0.2, -0.15) is 13.2 Å². The summed E-state index contributed by atoms with van der Waals surface area (Å²) in [5.41, 5.74) is 0.0555. The number of anilines is 2. The normalized spacial score (nSPS) is 14.3. The van der Waals surface area contributed by atoms with Crippen LogP contribution in [0, 0.1) is 0 Å². The molecule has 3 aromatic rings. The van der Waals surface area contributed by atoms with Crippen molar-refractivity contribution in [2.24, 2.45) is 0 Å². The van der Waals surface area contributed by atoms with E-state index in [0.29, 0.717) is 22.7 Å². The van der Waals surface area contributed by atoms with Gasteiger partial charge < -0.3 is 24.6 Å². The fourth-order valence-electron chi connectivity index (χ4n) is 3.64. The summed E-state index contributed by atoms with van der Waals surface area (Å²) in [6.07, 6.45) is -4.64. The predicted octanol–water partition coefficient (Wildman–Crippen LogP) is 4.02. The number of methoxy groups -OCH3 is 2. The van der Waals surface area contributed by atoms with E-state index in [2.05, 4.69) is 15.3 Å². The first kappa shape index (κ1) is 22.4. The molecule has 1 saturated heterocycles. The number of para-hydroxylation sites is 2. The summed E-state index contributed by atoms with van der Waals surface area (Å²) in [7, 11) is 3.01. The number of hydrogen-bond donors (Lipinski definition) is 1. The molecule has 4 rings (SSSR count). The van der Waals surface area contributed by atoms with E-state index in [1.165, 1.54) is 30.1 Å². The molecule has 2 aromatic carbocycles. The Morgan fingerprint density at radius 2 is 1.58 bits per heavy atom. The third-order valence-corrected chi connectivity index (χ3v) is 5.32. The molecule has 33 heavy (non-hydrogen) atoms. The van der Waals surface area contributed by atoms with E-state index >= 15 is 0 Å². The number of alkyl halides is 3. The van der Waals surface area contributed by atoms with E-state index < -0.39 is 11.9 Å². The van der Waals surface area contributed by atoms with Crippen LogP contribution in [0.2, 0.25) is 0 Å². The summed E-state index contributed by atoms with van der Waals surface area (Å²) in [5.74, 6) is 0.775. The number of urea groups is 1. The van der Waals surface area contributed by atoms with E-state index in [9.17, 15) is 18.0 Å². The van der Waals surface area contributed by atoms with Crippen LogP contribution in [-0.2, 0) is 6.18 Å². The summed E-state index contributed by atoms with van der Waals surface area (Å²) < 4.78 is 51.4. The van der Waals surface area contributed by atoms with E-state index in [0.717, 1.165) is 0 Å². The molecular weight excluding hydrogens is 439 g/mol. The molecule has 0 saturated carbocycles. The lowest BCUT2D eigenvalue weighted by molar-refractivity contribution is -0.140. The minimum absolute atomic E-state index is 0.182. The Balaban J connectivity index is 1.48. The lowest BCUT2D eigenvalue weighted by atomic mass is 10.2. The average Bonchev–Trinajstić information content (AvgIpc) is 2.82. The number of amides is 2. The molecule has 2 heterocycles. The number of fused-ring (bicyclic) bond motifs is 1. The zero-order chi connectivity index (χ0) is 23.6. The molecule has 1 aliphatic heterocycles. The number of carbonyl (C=O) groups excluding carboxylic acids is 1. The number of ether oxygens (including phenoxy) is 2.